The number of aromatic nitrogens is 3. The molecule has 1 atom stereocenters. The second-order valence-corrected chi connectivity index (χ2v) is 5.03. The molecule has 16 heavy (non-hydrogen) atoms. The van der Waals surface area contributed by atoms with Crippen LogP contribution in [0.3, 0.4) is 0 Å². The van der Waals surface area contributed by atoms with Crippen LogP contribution in [0.25, 0.3) is 5.65 Å². The molecule has 0 N–H and O–H groups in total. The summed E-state index contributed by atoms with van der Waals surface area (Å²) in [6.45, 7) is 1.73. The van der Waals surface area contributed by atoms with Crippen LogP contribution in [0.5, 0.6) is 0 Å². The van der Waals surface area contributed by atoms with Gasteiger partial charge >= 0.3 is 0 Å². The molecule has 2 aromatic heterocycles. The molecule has 5 heteroatoms. The molecule has 84 valence electrons. The maximum absolute atomic E-state index is 5.35. The van der Waals surface area contributed by atoms with Crippen molar-refractivity contribution < 1.29 is 4.74 Å². The van der Waals surface area contributed by atoms with Crippen molar-refractivity contribution in [2.75, 3.05) is 13.2 Å². The zero-order chi connectivity index (χ0) is 11.0. The van der Waals surface area contributed by atoms with Gasteiger partial charge in [-0.25, -0.2) is 9.50 Å². The van der Waals surface area contributed by atoms with E-state index in [9.17, 15) is 0 Å². The van der Waals surface area contributed by atoms with Crippen molar-refractivity contribution in [3.05, 3.63) is 28.6 Å². The van der Waals surface area contributed by atoms with Gasteiger partial charge in [-0.05, 0) is 24.5 Å². The minimum atomic E-state index is 0.584. The van der Waals surface area contributed by atoms with Crippen molar-refractivity contribution in [2.45, 2.75) is 12.8 Å². The number of nitrogens with zero attached hydrogens (tertiary/aromatic N) is 3. The predicted octanol–water partition coefficient (Wildman–Crippen LogP) is 2.07. The molecule has 0 saturated carbocycles. The van der Waals surface area contributed by atoms with Crippen LogP contribution in [-0.4, -0.2) is 27.8 Å². The van der Waals surface area contributed by atoms with Crippen molar-refractivity contribution in [2.24, 2.45) is 5.92 Å². The first-order chi connectivity index (χ1) is 7.81. The van der Waals surface area contributed by atoms with E-state index in [0.29, 0.717) is 5.92 Å². The number of hydrogen-bond acceptors (Lipinski definition) is 3. The van der Waals surface area contributed by atoms with E-state index in [1.807, 2.05) is 22.8 Å². The Bertz CT molecular complexity index is 505. The molecular formula is C11H12BrN3O. The lowest BCUT2D eigenvalue weighted by Gasteiger charge is -2.01. The standard InChI is InChI=1S/C11H12BrN3O/c12-9-1-3-15-11(6-9)13-10(14-15)5-8-2-4-16-7-8/h1,3,6,8H,2,4-5,7H2. The minimum Gasteiger partial charge on any atom is -0.381 e. The van der Waals surface area contributed by atoms with E-state index < -0.39 is 0 Å². The zero-order valence-electron chi connectivity index (χ0n) is 8.77. The molecule has 0 spiro atoms. The second kappa shape index (κ2) is 4.14. The highest BCUT2D eigenvalue weighted by atomic mass is 79.9. The van der Waals surface area contributed by atoms with Crippen LogP contribution in [0.1, 0.15) is 12.2 Å². The van der Waals surface area contributed by atoms with Crippen molar-refractivity contribution >= 4 is 21.6 Å². The quantitative estimate of drug-likeness (QED) is 0.846. The highest BCUT2D eigenvalue weighted by Gasteiger charge is 2.18. The monoisotopic (exact) mass is 281 g/mol. The highest BCUT2D eigenvalue weighted by molar-refractivity contribution is 9.10. The predicted molar refractivity (Wildman–Crippen MR) is 63.3 cm³/mol. The lowest BCUT2D eigenvalue weighted by atomic mass is 10.1. The Labute approximate surface area is 102 Å². The van der Waals surface area contributed by atoms with Gasteiger partial charge in [-0.2, -0.15) is 5.10 Å². The van der Waals surface area contributed by atoms with Gasteiger partial charge in [0.25, 0.3) is 0 Å². The fraction of sp³-hybridized carbons (Fsp3) is 0.455. The van der Waals surface area contributed by atoms with Crippen LogP contribution >= 0.6 is 15.9 Å². The summed E-state index contributed by atoms with van der Waals surface area (Å²) in [7, 11) is 0. The normalized spacial score (nSPS) is 20.7. The number of rotatable bonds is 2. The van der Waals surface area contributed by atoms with Crippen LogP contribution in [-0.2, 0) is 11.2 Å². The maximum Gasteiger partial charge on any atom is 0.156 e. The summed E-state index contributed by atoms with van der Waals surface area (Å²) in [5, 5.41) is 4.45. The van der Waals surface area contributed by atoms with E-state index >= 15 is 0 Å². The third-order valence-corrected chi connectivity index (χ3v) is 3.33. The first-order valence-corrected chi connectivity index (χ1v) is 6.19. The van der Waals surface area contributed by atoms with E-state index in [1.165, 1.54) is 0 Å². The summed E-state index contributed by atoms with van der Waals surface area (Å²) in [6, 6.07) is 3.94. The van der Waals surface area contributed by atoms with E-state index in [1.54, 1.807) is 0 Å². The largest absolute Gasteiger partial charge is 0.381 e. The summed E-state index contributed by atoms with van der Waals surface area (Å²) in [4.78, 5) is 4.50. The van der Waals surface area contributed by atoms with Crippen molar-refractivity contribution in [3.63, 3.8) is 0 Å². The topological polar surface area (TPSA) is 39.4 Å². The molecule has 1 aliphatic rings. The van der Waals surface area contributed by atoms with Crippen molar-refractivity contribution in [1.29, 1.82) is 0 Å². The molecular weight excluding hydrogens is 270 g/mol. The van der Waals surface area contributed by atoms with E-state index in [0.717, 1.165) is 42.0 Å². The Hall–Kier alpha value is -0.940. The molecule has 1 saturated heterocycles. The molecule has 1 aliphatic heterocycles. The Morgan fingerprint density at radius 1 is 1.56 bits per heavy atom. The van der Waals surface area contributed by atoms with Crippen molar-refractivity contribution in [3.8, 4) is 0 Å². The van der Waals surface area contributed by atoms with Crippen molar-refractivity contribution in [1.82, 2.24) is 14.6 Å². The molecule has 0 bridgehead atoms. The van der Waals surface area contributed by atoms with Gasteiger partial charge in [0.2, 0.25) is 0 Å². The van der Waals surface area contributed by atoms with Gasteiger partial charge in [0.1, 0.15) is 0 Å². The molecule has 3 heterocycles. The van der Waals surface area contributed by atoms with Gasteiger partial charge < -0.3 is 4.74 Å². The third-order valence-electron chi connectivity index (χ3n) is 2.84. The van der Waals surface area contributed by atoms with E-state index in [2.05, 4.69) is 26.0 Å². The maximum atomic E-state index is 5.35. The molecule has 0 amide bonds. The first kappa shape index (κ1) is 10.2. The molecule has 0 aliphatic carbocycles. The van der Waals surface area contributed by atoms with E-state index in [4.69, 9.17) is 4.74 Å². The summed E-state index contributed by atoms with van der Waals surface area (Å²) in [5.41, 5.74) is 0.892. The number of pyridine rings is 1. The SMILES string of the molecule is Brc1ccn2nc(CC3CCOC3)nc2c1. The smallest absolute Gasteiger partial charge is 0.156 e. The van der Waals surface area contributed by atoms with Crippen LogP contribution in [0.4, 0.5) is 0 Å². The summed E-state index contributed by atoms with van der Waals surface area (Å²) in [5.74, 6) is 1.49. The third kappa shape index (κ3) is 1.97. The first-order valence-electron chi connectivity index (χ1n) is 5.40. The van der Waals surface area contributed by atoms with Crippen LogP contribution in [0.2, 0.25) is 0 Å². The Kier molecular flexibility index (Phi) is 2.65. The average Bonchev–Trinajstić information content (AvgIpc) is 2.86. The van der Waals surface area contributed by atoms with Crippen LogP contribution in [0, 0.1) is 5.92 Å². The lowest BCUT2D eigenvalue weighted by molar-refractivity contribution is 0.185. The Morgan fingerprint density at radius 3 is 3.31 bits per heavy atom. The van der Waals surface area contributed by atoms with Crippen LogP contribution in [0.15, 0.2) is 22.8 Å². The summed E-state index contributed by atoms with van der Waals surface area (Å²) < 4.78 is 8.20. The molecule has 4 nitrogen and oxygen atoms in total. The van der Waals surface area contributed by atoms with Gasteiger partial charge in [0.05, 0.1) is 0 Å². The Morgan fingerprint density at radius 2 is 2.50 bits per heavy atom. The van der Waals surface area contributed by atoms with Gasteiger partial charge in [-0.15, -0.1) is 0 Å². The molecule has 2 aromatic rings. The van der Waals surface area contributed by atoms with Gasteiger partial charge in [0, 0.05) is 30.3 Å². The van der Waals surface area contributed by atoms with Crippen LogP contribution < -0.4 is 0 Å². The Balaban J connectivity index is 1.86. The lowest BCUT2D eigenvalue weighted by Crippen LogP contribution is -2.05. The van der Waals surface area contributed by atoms with Gasteiger partial charge in [-0.1, -0.05) is 15.9 Å². The molecule has 0 aromatic carbocycles. The molecule has 0 radical (unpaired) electrons. The average molecular weight is 282 g/mol. The highest BCUT2D eigenvalue weighted by Crippen LogP contribution is 2.17. The second-order valence-electron chi connectivity index (χ2n) is 4.11. The van der Waals surface area contributed by atoms with E-state index in [-0.39, 0.29) is 0 Å². The zero-order valence-corrected chi connectivity index (χ0v) is 10.4. The summed E-state index contributed by atoms with van der Waals surface area (Å²) in [6.07, 6.45) is 3.96. The van der Waals surface area contributed by atoms with Gasteiger partial charge in [-0.3, -0.25) is 0 Å². The number of hydrogen-bond donors (Lipinski definition) is 0. The molecule has 3 rings (SSSR count). The summed E-state index contributed by atoms with van der Waals surface area (Å²) >= 11 is 3.43. The number of ether oxygens (including phenoxy) is 1. The molecule has 1 unspecified atom stereocenters. The number of halogens is 1. The number of fused-ring (bicyclic) bond motifs is 1. The minimum absolute atomic E-state index is 0.584. The fourth-order valence-electron chi connectivity index (χ4n) is 1.99. The fourth-order valence-corrected chi connectivity index (χ4v) is 2.31. The molecule has 1 fully saturated rings. The van der Waals surface area contributed by atoms with Gasteiger partial charge in [0.15, 0.2) is 11.5 Å².